The number of thioether (sulfide) groups is 1. The average Bonchev–Trinajstić information content (AvgIpc) is 3.00. The molecule has 0 amide bonds. The summed E-state index contributed by atoms with van der Waals surface area (Å²) in [7, 11) is 0. The Balaban J connectivity index is 1.76. The molecule has 2 aromatic rings. The Labute approximate surface area is 155 Å². The third kappa shape index (κ3) is 6.87. The van der Waals surface area contributed by atoms with Gasteiger partial charge in [-0.2, -0.15) is 16.8 Å². The number of guanidine groups is 1. The standard InChI is InChI=1S/C16H24N6OS2/c1-2-3-4-5-11-8-19-13(21-14(11)23)6-7-24-9-12-10-25-16(20-12)22-15(17)18/h8,10H,2-7,9H2,1H3,(H,19,21,23)(H4,17,18,20,22). The van der Waals surface area contributed by atoms with Crippen molar-refractivity contribution in [1.29, 1.82) is 0 Å². The minimum Gasteiger partial charge on any atom is -0.370 e. The topological polar surface area (TPSA) is 123 Å². The van der Waals surface area contributed by atoms with E-state index in [0.29, 0.717) is 5.13 Å². The van der Waals surface area contributed by atoms with Crippen LogP contribution in [0.25, 0.3) is 0 Å². The predicted octanol–water partition coefficient (Wildman–Crippen LogP) is 2.34. The Morgan fingerprint density at radius 3 is 2.92 bits per heavy atom. The number of hydrogen-bond acceptors (Lipinski definition) is 6. The van der Waals surface area contributed by atoms with Crippen LogP contribution >= 0.6 is 23.1 Å². The van der Waals surface area contributed by atoms with Crippen LogP contribution in [0.5, 0.6) is 0 Å². The van der Waals surface area contributed by atoms with Gasteiger partial charge in [0.1, 0.15) is 5.82 Å². The van der Waals surface area contributed by atoms with Crippen LogP contribution in [0.2, 0.25) is 0 Å². The Hall–Kier alpha value is -1.87. The maximum Gasteiger partial charge on any atom is 0.254 e. The first-order valence-electron chi connectivity index (χ1n) is 8.27. The van der Waals surface area contributed by atoms with Gasteiger partial charge in [-0.25, -0.2) is 9.97 Å². The molecule has 0 spiro atoms. The number of H-pyrrole nitrogens is 1. The van der Waals surface area contributed by atoms with Crippen LogP contribution in [0.1, 0.15) is 43.3 Å². The van der Waals surface area contributed by atoms with Gasteiger partial charge < -0.3 is 16.5 Å². The van der Waals surface area contributed by atoms with E-state index in [4.69, 9.17) is 11.5 Å². The molecule has 2 rings (SSSR count). The van der Waals surface area contributed by atoms with Crippen molar-refractivity contribution in [3.63, 3.8) is 0 Å². The SMILES string of the molecule is CCCCCc1cnc(CCSCc2csc(N=C(N)N)n2)[nH]c1=O. The van der Waals surface area contributed by atoms with Crippen LogP contribution < -0.4 is 17.0 Å². The summed E-state index contributed by atoms with van der Waals surface area (Å²) in [4.78, 5) is 27.5. The van der Waals surface area contributed by atoms with E-state index in [1.165, 1.54) is 11.3 Å². The molecule has 25 heavy (non-hydrogen) atoms. The number of hydrogen-bond donors (Lipinski definition) is 3. The van der Waals surface area contributed by atoms with Gasteiger partial charge in [0, 0.05) is 35.1 Å². The maximum atomic E-state index is 12.0. The summed E-state index contributed by atoms with van der Waals surface area (Å²) in [6, 6.07) is 0. The van der Waals surface area contributed by atoms with E-state index in [9.17, 15) is 4.79 Å². The van der Waals surface area contributed by atoms with E-state index in [0.717, 1.165) is 60.7 Å². The second-order valence-corrected chi connectivity index (χ2v) is 7.54. The summed E-state index contributed by atoms with van der Waals surface area (Å²) in [5.74, 6) is 2.38. The van der Waals surface area contributed by atoms with Crippen molar-refractivity contribution < 1.29 is 0 Å². The number of nitrogens with zero attached hydrogens (tertiary/aromatic N) is 3. The zero-order valence-electron chi connectivity index (χ0n) is 14.3. The third-order valence-electron chi connectivity index (χ3n) is 3.47. The molecule has 9 heteroatoms. The molecule has 0 fully saturated rings. The van der Waals surface area contributed by atoms with E-state index in [1.807, 2.05) is 5.38 Å². The highest BCUT2D eigenvalue weighted by Crippen LogP contribution is 2.21. The lowest BCUT2D eigenvalue weighted by Crippen LogP contribution is -2.21. The first-order valence-corrected chi connectivity index (χ1v) is 10.3. The van der Waals surface area contributed by atoms with Gasteiger partial charge in [-0.3, -0.25) is 4.79 Å². The average molecular weight is 381 g/mol. The van der Waals surface area contributed by atoms with Crippen molar-refractivity contribution >= 4 is 34.2 Å². The van der Waals surface area contributed by atoms with Gasteiger partial charge in [-0.1, -0.05) is 19.8 Å². The molecule has 0 aliphatic heterocycles. The van der Waals surface area contributed by atoms with Crippen LogP contribution in [0, 0.1) is 0 Å². The van der Waals surface area contributed by atoms with E-state index in [1.54, 1.807) is 18.0 Å². The van der Waals surface area contributed by atoms with Crippen molar-refractivity contribution in [2.75, 3.05) is 5.75 Å². The first kappa shape index (κ1) is 19.5. The highest BCUT2D eigenvalue weighted by atomic mass is 32.2. The van der Waals surface area contributed by atoms with Crippen molar-refractivity contribution in [3.05, 3.63) is 39.0 Å². The Kier molecular flexibility index (Phi) is 7.93. The first-order chi connectivity index (χ1) is 12.1. The summed E-state index contributed by atoms with van der Waals surface area (Å²) in [5, 5.41) is 2.51. The molecule has 2 heterocycles. The summed E-state index contributed by atoms with van der Waals surface area (Å²) in [6.45, 7) is 2.15. The molecule has 0 saturated heterocycles. The molecule has 0 saturated carbocycles. The lowest BCUT2D eigenvalue weighted by atomic mass is 10.1. The van der Waals surface area contributed by atoms with Gasteiger partial charge in [0.25, 0.3) is 5.56 Å². The predicted molar refractivity (Wildman–Crippen MR) is 106 cm³/mol. The van der Waals surface area contributed by atoms with Crippen molar-refractivity contribution in [1.82, 2.24) is 15.0 Å². The molecule has 0 atom stereocenters. The molecule has 0 radical (unpaired) electrons. The minimum atomic E-state index is -0.00696. The Morgan fingerprint density at radius 2 is 2.20 bits per heavy atom. The highest BCUT2D eigenvalue weighted by Gasteiger charge is 2.05. The number of unbranched alkanes of at least 4 members (excludes halogenated alkanes) is 2. The van der Waals surface area contributed by atoms with Crippen LogP contribution in [-0.4, -0.2) is 26.7 Å². The Morgan fingerprint density at radius 1 is 1.36 bits per heavy atom. The van der Waals surface area contributed by atoms with Crippen LogP contribution in [0.4, 0.5) is 5.13 Å². The molecule has 2 aromatic heterocycles. The molecular weight excluding hydrogens is 356 g/mol. The number of aromatic amines is 1. The highest BCUT2D eigenvalue weighted by molar-refractivity contribution is 7.98. The number of nitrogens with one attached hydrogen (secondary N) is 1. The van der Waals surface area contributed by atoms with Crippen molar-refractivity contribution in [3.8, 4) is 0 Å². The van der Waals surface area contributed by atoms with E-state index < -0.39 is 0 Å². The van der Waals surface area contributed by atoms with Crippen molar-refractivity contribution in [2.45, 2.75) is 44.8 Å². The molecule has 0 bridgehead atoms. The van der Waals surface area contributed by atoms with Crippen LogP contribution in [0.3, 0.4) is 0 Å². The monoisotopic (exact) mass is 380 g/mol. The molecule has 5 N–H and O–H groups in total. The molecule has 0 aliphatic carbocycles. The van der Waals surface area contributed by atoms with Gasteiger partial charge >= 0.3 is 0 Å². The zero-order chi connectivity index (χ0) is 18.1. The second-order valence-electron chi connectivity index (χ2n) is 5.60. The summed E-state index contributed by atoms with van der Waals surface area (Å²) in [6.07, 6.45) is 6.56. The molecular formula is C16H24N6OS2. The van der Waals surface area contributed by atoms with Gasteiger partial charge in [0.2, 0.25) is 5.13 Å². The zero-order valence-corrected chi connectivity index (χ0v) is 16.0. The second kappa shape index (κ2) is 10.2. The number of thiazole rings is 1. The summed E-state index contributed by atoms with van der Waals surface area (Å²) < 4.78 is 0. The quantitative estimate of drug-likeness (QED) is 0.330. The van der Waals surface area contributed by atoms with Crippen LogP contribution in [-0.2, 0) is 18.6 Å². The van der Waals surface area contributed by atoms with Gasteiger partial charge in [0.15, 0.2) is 5.96 Å². The maximum absolute atomic E-state index is 12.0. The number of rotatable bonds is 10. The fourth-order valence-corrected chi connectivity index (χ4v) is 3.85. The number of aromatic nitrogens is 3. The lowest BCUT2D eigenvalue weighted by molar-refractivity contribution is 0.708. The van der Waals surface area contributed by atoms with Gasteiger partial charge in [0.05, 0.1) is 5.69 Å². The summed E-state index contributed by atoms with van der Waals surface area (Å²) in [5.41, 5.74) is 12.4. The number of aliphatic imine (C=N–C) groups is 1. The third-order valence-corrected chi connectivity index (χ3v) is 5.25. The minimum absolute atomic E-state index is 0.00696. The summed E-state index contributed by atoms with van der Waals surface area (Å²) >= 11 is 3.14. The molecule has 7 nitrogen and oxygen atoms in total. The smallest absolute Gasteiger partial charge is 0.254 e. The largest absolute Gasteiger partial charge is 0.370 e. The Bertz CT molecular complexity index is 751. The molecule has 136 valence electrons. The fraction of sp³-hybridized carbons (Fsp3) is 0.500. The van der Waals surface area contributed by atoms with Gasteiger partial charge in [-0.05, 0) is 12.8 Å². The molecule has 0 aromatic carbocycles. The molecule has 0 aliphatic rings. The van der Waals surface area contributed by atoms with E-state index >= 15 is 0 Å². The number of aryl methyl sites for hydroxylation is 2. The van der Waals surface area contributed by atoms with E-state index in [-0.39, 0.29) is 11.5 Å². The number of nitrogens with two attached hydrogens (primary N) is 2. The van der Waals surface area contributed by atoms with Gasteiger partial charge in [-0.15, -0.1) is 11.3 Å². The lowest BCUT2D eigenvalue weighted by Gasteiger charge is -2.03. The molecule has 0 unspecified atom stereocenters. The normalized spacial score (nSPS) is 10.8. The van der Waals surface area contributed by atoms with Crippen molar-refractivity contribution in [2.24, 2.45) is 16.5 Å². The van der Waals surface area contributed by atoms with E-state index in [2.05, 4.69) is 26.9 Å². The fourth-order valence-electron chi connectivity index (χ4n) is 2.20. The van der Waals surface area contributed by atoms with Crippen LogP contribution in [0.15, 0.2) is 21.4 Å².